The lowest BCUT2D eigenvalue weighted by atomic mass is 10.1. The number of aromatic nitrogens is 2. The molecule has 1 aliphatic heterocycles. The number of halogens is 1. The van der Waals surface area contributed by atoms with Gasteiger partial charge in [0.2, 0.25) is 0 Å². The molecule has 0 amide bonds. The van der Waals surface area contributed by atoms with Crippen LogP contribution in [-0.4, -0.2) is 27.7 Å². The molecule has 0 radical (unpaired) electrons. The maximum absolute atomic E-state index is 13.7. The average Bonchev–Trinajstić information content (AvgIpc) is 3.34. The van der Waals surface area contributed by atoms with E-state index in [-0.39, 0.29) is 6.04 Å². The second-order valence-electron chi connectivity index (χ2n) is 6.27. The molecule has 0 spiro atoms. The van der Waals surface area contributed by atoms with E-state index in [2.05, 4.69) is 33.5 Å². The van der Waals surface area contributed by atoms with E-state index in [1.807, 2.05) is 30.6 Å². The number of nitrogens with zero attached hydrogens (tertiary/aromatic N) is 3. The number of thiophene rings is 1. The van der Waals surface area contributed by atoms with Crippen LogP contribution in [0.4, 0.5) is 15.9 Å². The van der Waals surface area contributed by atoms with Crippen molar-refractivity contribution in [1.29, 1.82) is 0 Å². The molecule has 4 nitrogen and oxygen atoms in total. The highest BCUT2D eigenvalue weighted by Gasteiger charge is 2.25. The van der Waals surface area contributed by atoms with Gasteiger partial charge in [0.15, 0.2) is 0 Å². The summed E-state index contributed by atoms with van der Waals surface area (Å²) in [5.74, 6) is 0. The van der Waals surface area contributed by atoms with Gasteiger partial charge in [0.05, 0.1) is 27.5 Å². The number of benzene rings is 1. The van der Waals surface area contributed by atoms with Crippen molar-refractivity contribution in [2.24, 2.45) is 0 Å². The van der Waals surface area contributed by atoms with Crippen molar-refractivity contribution in [3.8, 4) is 0 Å². The van der Waals surface area contributed by atoms with Crippen LogP contribution < -0.4 is 5.32 Å². The second-order valence-corrected chi connectivity index (χ2v) is 8.18. The fourth-order valence-corrected chi connectivity index (χ4v) is 5.06. The second kappa shape index (κ2) is 6.12. The van der Waals surface area contributed by atoms with E-state index in [1.165, 1.54) is 4.70 Å². The third-order valence-corrected chi connectivity index (χ3v) is 6.59. The molecule has 1 aliphatic rings. The summed E-state index contributed by atoms with van der Waals surface area (Å²) in [4.78, 5) is 10.9. The van der Waals surface area contributed by atoms with Crippen LogP contribution in [-0.2, 0) is 0 Å². The highest BCUT2D eigenvalue weighted by molar-refractivity contribution is 7.19. The minimum Gasteiger partial charge on any atom is -0.355 e. The first-order valence-electron chi connectivity index (χ1n) is 8.31. The number of pyridine rings is 1. The molecule has 1 N–H and O–H groups in total. The van der Waals surface area contributed by atoms with Gasteiger partial charge in [0, 0.05) is 28.7 Å². The molecule has 4 aromatic rings. The molecular weight excluding hydrogens is 367 g/mol. The Balaban J connectivity index is 1.53. The van der Waals surface area contributed by atoms with Crippen LogP contribution in [0, 0.1) is 0 Å². The van der Waals surface area contributed by atoms with E-state index in [4.69, 9.17) is 0 Å². The summed E-state index contributed by atoms with van der Waals surface area (Å²) in [5, 5.41) is 5.39. The molecule has 26 heavy (non-hydrogen) atoms. The average molecular weight is 382 g/mol. The molecule has 0 saturated carbocycles. The molecule has 7 heteroatoms. The normalized spacial score (nSPS) is 17.9. The molecule has 0 bridgehead atoms. The number of fused-ring (bicyclic) bond motifs is 2. The zero-order chi connectivity index (χ0) is 17.7. The smallest absolute Gasteiger partial charge is 0.125 e. The van der Waals surface area contributed by atoms with Crippen LogP contribution in [0.2, 0.25) is 0 Å². The van der Waals surface area contributed by atoms with Crippen molar-refractivity contribution in [2.75, 3.05) is 11.9 Å². The zero-order valence-electron chi connectivity index (χ0n) is 13.9. The van der Waals surface area contributed by atoms with Gasteiger partial charge in [-0.15, -0.1) is 32.3 Å². The van der Waals surface area contributed by atoms with E-state index >= 15 is 0 Å². The summed E-state index contributed by atoms with van der Waals surface area (Å²) in [7, 11) is 0. The fraction of sp³-hybridized carbons (Fsp3) is 0.158. The molecule has 1 aromatic carbocycles. The number of anilines is 2. The molecule has 1 unspecified atom stereocenters. The standard InChI is InChI=1S/C19H15FN4S2/c1-11-13(5-7-24(11)20)18-9-14-15(4-6-21-19(14)26-18)23-12-2-3-17-16(8-12)22-10-25-17/h2-6,8-11H,7H2,1H3,(H,21,23). The van der Waals surface area contributed by atoms with Crippen molar-refractivity contribution < 1.29 is 4.48 Å². The molecule has 3 aromatic heterocycles. The molecule has 5 rings (SSSR count). The third-order valence-electron chi connectivity index (χ3n) is 4.69. The first kappa shape index (κ1) is 15.9. The minimum absolute atomic E-state index is 0.216. The van der Waals surface area contributed by atoms with Crippen LogP contribution in [0.25, 0.3) is 26.0 Å². The molecular formula is C19H15FN4S2. The maximum Gasteiger partial charge on any atom is 0.125 e. The van der Waals surface area contributed by atoms with Crippen LogP contribution in [0.15, 0.2) is 48.1 Å². The Morgan fingerprint density at radius 1 is 1.23 bits per heavy atom. The Morgan fingerprint density at radius 3 is 3.00 bits per heavy atom. The van der Waals surface area contributed by atoms with E-state index < -0.39 is 0 Å². The SMILES string of the molecule is CC1C(c2cc3c(Nc4ccc5scnc5c4)ccnc3s2)=CCN1F. The van der Waals surface area contributed by atoms with Gasteiger partial charge in [0.25, 0.3) is 0 Å². The van der Waals surface area contributed by atoms with Gasteiger partial charge in [-0.1, -0.05) is 6.08 Å². The van der Waals surface area contributed by atoms with Gasteiger partial charge in [-0.2, -0.15) is 0 Å². The van der Waals surface area contributed by atoms with Crippen molar-refractivity contribution >= 4 is 60.1 Å². The molecule has 0 aliphatic carbocycles. The van der Waals surface area contributed by atoms with Gasteiger partial charge in [-0.25, -0.2) is 9.97 Å². The summed E-state index contributed by atoms with van der Waals surface area (Å²) in [6.45, 7) is 2.23. The Morgan fingerprint density at radius 2 is 2.15 bits per heavy atom. The molecule has 4 heterocycles. The van der Waals surface area contributed by atoms with E-state index in [0.717, 1.165) is 42.7 Å². The Kier molecular flexibility index (Phi) is 3.74. The van der Waals surface area contributed by atoms with E-state index in [0.29, 0.717) is 6.54 Å². The number of hydrogen-bond acceptors (Lipinski definition) is 6. The first-order chi connectivity index (χ1) is 12.7. The van der Waals surface area contributed by atoms with E-state index in [9.17, 15) is 4.48 Å². The molecule has 0 fully saturated rings. The lowest BCUT2D eigenvalue weighted by molar-refractivity contribution is 0.0302. The van der Waals surface area contributed by atoms with Crippen molar-refractivity contribution in [2.45, 2.75) is 13.0 Å². The summed E-state index contributed by atoms with van der Waals surface area (Å²) in [6, 6.07) is 10.0. The van der Waals surface area contributed by atoms with E-state index in [1.54, 1.807) is 28.9 Å². The molecule has 1 atom stereocenters. The largest absolute Gasteiger partial charge is 0.355 e. The lowest BCUT2D eigenvalue weighted by Crippen LogP contribution is -2.19. The monoisotopic (exact) mass is 382 g/mol. The Bertz CT molecular complexity index is 1150. The molecule has 0 saturated heterocycles. The van der Waals surface area contributed by atoms with Crippen LogP contribution >= 0.6 is 22.7 Å². The minimum atomic E-state index is -0.216. The van der Waals surface area contributed by atoms with Gasteiger partial charge in [0.1, 0.15) is 4.83 Å². The lowest BCUT2D eigenvalue weighted by Gasteiger charge is -2.12. The van der Waals surface area contributed by atoms with Crippen LogP contribution in [0.3, 0.4) is 0 Å². The van der Waals surface area contributed by atoms with Crippen molar-refractivity contribution in [3.63, 3.8) is 0 Å². The van der Waals surface area contributed by atoms with Gasteiger partial charge in [-0.05, 0) is 42.8 Å². The number of thiazole rings is 1. The maximum atomic E-state index is 13.7. The fourth-order valence-electron chi connectivity index (χ4n) is 3.25. The van der Waals surface area contributed by atoms with Crippen molar-refractivity contribution in [3.05, 3.63) is 53.0 Å². The van der Waals surface area contributed by atoms with Gasteiger partial charge in [-0.3, -0.25) is 0 Å². The number of rotatable bonds is 3. The summed E-state index contributed by atoms with van der Waals surface area (Å²) in [6.07, 6.45) is 3.76. The van der Waals surface area contributed by atoms with Gasteiger partial charge >= 0.3 is 0 Å². The Hall–Kier alpha value is -2.35. The van der Waals surface area contributed by atoms with Crippen LogP contribution in [0.1, 0.15) is 11.8 Å². The van der Waals surface area contributed by atoms with Gasteiger partial charge < -0.3 is 5.32 Å². The van der Waals surface area contributed by atoms with Crippen molar-refractivity contribution in [1.82, 2.24) is 15.1 Å². The number of hydrogen-bond donors (Lipinski definition) is 1. The summed E-state index contributed by atoms with van der Waals surface area (Å²) < 4.78 is 14.9. The molecule has 130 valence electrons. The highest BCUT2D eigenvalue weighted by Crippen LogP contribution is 2.38. The van der Waals surface area contributed by atoms with Crippen LogP contribution in [0.5, 0.6) is 0 Å². The number of nitrogens with one attached hydrogen (secondary N) is 1. The quantitative estimate of drug-likeness (QED) is 0.467. The zero-order valence-corrected chi connectivity index (χ0v) is 15.6. The highest BCUT2D eigenvalue weighted by atomic mass is 32.1. The predicted octanol–water partition coefficient (Wildman–Crippen LogP) is 5.62. The first-order valence-corrected chi connectivity index (χ1v) is 10.0. The summed E-state index contributed by atoms with van der Waals surface area (Å²) >= 11 is 3.24. The summed E-state index contributed by atoms with van der Waals surface area (Å²) in [5.41, 5.74) is 5.87. The Labute approximate surface area is 157 Å². The predicted molar refractivity (Wildman–Crippen MR) is 108 cm³/mol. The topological polar surface area (TPSA) is 41.1 Å². The third kappa shape index (κ3) is 2.59.